The van der Waals surface area contributed by atoms with Crippen molar-refractivity contribution in [3.63, 3.8) is 0 Å². The van der Waals surface area contributed by atoms with Crippen LogP contribution in [0.15, 0.2) is 12.2 Å². The summed E-state index contributed by atoms with van der Waals surface area (Å²) in [4.78, 5) is 21.1. The van der Waals surface area contributed by atoms with Crippen molar-refractivity contribution >= 4 is 11.8 Å². The summed E-state index contributed by atoms with van der Waals surface area (Å²) in [6.45, 7) is 4.49. The molecule has 1 fully saturated rings. The Labute approximate surface area is 90.2 Å². The third kappa shape index (κ3) is 3.86. The van der Waals surface area contributed by atoms with Crippen molar-refractivity contribution in [2.24, 2.45) is 11.3 Å². The molecule has 0 aromatic carbocycles. The molecule has 1 rings (SSSR count). The van der Waals surface area contributed by atoms with Crippen LogP contribution in [0, 0.1) is 11.3 Å². The molecule has 0 aliphatic heterocycles. The molecule has 3 nitrogen and oxygen atoms in total. The van der Waals surface area contributed by atoms with Gasteiger partial charge in [0.2, 0.25) is 0 Å². The summed E-state index contributed by atoms with van der Waals surface area (Å²) in [5, 5.41) is 8.39. The number of ketones is 1. The monoisotopic (exact) mass is 210 g/mol. The number of rotatable bonds is 3. The lowest BCUT2D eigenvalue weighted by Crippen LogP contribution is -2.20. The Morgan fingerprint density at radius 3 is 2.27 bits per heavy atom. The van der Waals surface area contributed by atoms with E-state index in [1.54, 1.807) is 6.08 Å². The molecular formula is C12H18O3. The Morgan fingerprint density at radius 2 is 1.80 bits per heavy atom. The number of carbonyl (C=O) groups is 2. The summed E-state index contributed by atoms with van der Waals surface area (Å²) in [7, 11) is 0. The Kier molecular flexibility index (Phi) is 3.66. The van der Waals surface area contributed by atoms with Crippen LogP contribution >= 0.6 is 0 Å². The summed E-state index contributed by atoms with van der Waals surface area (Å²) in [5.41, 5.74) is 0.404. The van der Waals surface area contributed by atoms with E-state index < -0.39 is 11.8 Å². The highest BCUT2D eigenvalue weighted by molar-refractivity contribution is 6.37. The predicted molar refractivity (Wildman–Crippen MR) is 57.5 cm³/mol. The average molecular weight is 210 g/mol. The molecule has 1 N–H and O–H groups in total. The van der Waals surface area contributed by atoms with Crippen molar-refractivity contribution < 1.29 is 14.7 Å². The van der Waals surface area contributed by atoms with E-state index in [2.05, 4.69) is 13.8 Å². The second-order valence-corrected chi connectivity index (χ2v) is 5.03. The lowest BCUT2D eigenvalue weighted by Gasteiger charge is -2.32. The first kappa shape index (κ1) is 12.0. The van der Waals surface area contributed by atoms with Crippen molar-refractivity contribution in [2.75, 3.05) is 0 Å². The Bertz CT molecular complexity index is 279. The Hall–Kier alpha value is -1.12. The molecule has 0 amide bonds. The second-order valence-electron chi connectivity index (χ2n) is 5.03. The quantitative estimate of drug-likeness (QED) is 0.575. The molecule has 0 aromatic heterocycles. The molecule has 0 radical (unpaired) electrons. The molecule has 0 spiro atoms. The molecule has 0 unspecified atom stereocenters. The van der Waals surface area contributed by atoms with Crippen molar-refractivity contribution in [3.05, 3.63) is 12.2 Å². The molecule has 3 heteroatoms. The van der Waals surface area contributed by atoms with E-state index in [-0.39, 0.29) is 0 Å². The SMILES string of the molecule is CC1(C)CCC(/C=C/C(=O)C(=O)O)CC1. The fraction of sp³-hybridized carbons (Fsp3) is 0.667. The summed E-state index contributed by atoms with van der Waals surface area (Å²) in [6.07, 6.45) is 7.34. The lowest BCUT2D eigenvalue weighted by molar-refractivity contribution is -0.146. The highest BCUT2D eigenvalue weighted by Gasteiger charge is 2.25. The van der Waals surface area contributed by atoms with E-state index in [4.69, 9.17) is 5.11 Å². The average Bonchev–Trinajstić information content (AvgIpc) is 2.15. The third-order valence-electron chi connectivity index (χ3n) is 3.11. The van der Waals surface area contributed by atoms with Gasteiger partial charge in [0, 0.05) is 0 Å². The molecule has 84 valence electrons. The number of carbonyl (C=O) groups excluding carboxylic acids is 1. The van der Waals surface area contributed by atoms with Crippen LogP contribution in [0.4, 0.5) is 0 Å². The predicted octanol–water partition coefficient (Wildman–Crippen LogP) is 2.41. The molecule has 15 heavy (non-hydrogen) atoms. The molecule has 0 saturated heterocycles. The fourth-order valence-electron chi connectivity index (χ4n) is 1.91. The van der Waals surface area contributed by atoms with E-state index in [9.17, 15) is 9.59 Å². The van der Waals surface area contributed by atoms with E-state index in [0.29, 0.717) is 11.3 Å². The summed E-state index contributed by atoms with van der Waals surface area (Å²) < 4.78 is 0. The summed E-state index contributed by atoms with van der Waals surface area (Å²) in [5.74, 6) is -1.82. The number of carboxylic acid groups (broad SMARTS) is 1. The number of aliphatic carboxylic acids is 1. The molecule has 1 saturated carbocycles. The summed E-state index contributed by atoms with van der Waals surface area (Å²) >= 11 is 0. The minimum atomic E-state index is -1.37. The Morgan fingerprint density at radius 1 is 1.27 bits per heavy atom. The van der Waals surface area contributed by atoms with Gasteiger partial charge in [-0.05, 0) is 43.1 Å². The van der Waals surface area contributed by atoms with Crippen molar-refractivity contribution in [3.8, 4) is 0 Å². The van der Waals surface area contributed by atoms with E-state index in [1.165, 1.54) is 6.08 Å². The highest BCUT2D eigenvalue weighted by atomic mass is 16.4. The van der Waals surface area contributed by atoms with Gasteiger partial charge in [-0.3, -0.25) is 4.79 Å². The lowest BCUT2D eigenvalue weighted by atomic mass is 9.73. The van der Waals surface area contributed by atoms with E-state index >= 15 is 0 Å². The molecule has 1 aliphatic carbocycles. The maximum Gasteiger partial charge on any atom is 0.376 e. The first-order chi connectivity index (χ1) is 6.91. The van der Waals surface area contributed by atoms with Gasteiger partial charge in [0.05, 0.1) is 0 Å². The van der Waals surface area contributed by atoms with Gasteiger partial charge in [-0.15, -0.1) is 0 Å². The van der Waals surface area contributed by atoms with Gasteiger partial charge in [0.1, 0.15) is 0 Å². The topological polar surface area (TPSA) is 54.4 Å². The zero-order chi connectivity index (χ0) is 11.5. The largest absolute Gasteiger partial charge is 0.475 e. The van der Waals surface area contributed by atoms with E-state index in [0.717, 1.165) is 25.7 Å². The van der Waals surface area contributed by atoms with Crippen LogP contribution < -0.4 is 0 Å². The highest BCUT2D eigenvalue weighted by Crippen LogP contribution is 2.38. The van der Waals surface area contributed by atoms with Crippen LogP contribution in [0.1, 0.15) is 39.5 Å². The molecule has 0 heterocycles. The van der Waals surface area contributed by atoms with Gasteiger partial charge in [-0.2, -0.15) is 0 Å². The molecule has 1 aliphatic rings. The van der Waals surface area contributed by atoms with Gasteiger partial charge in [0.15, 0.2) is 0 Å². The van der Waals surface area contributed by atoms with Crippen LogP contribution in [0.2, 0.25) is 0 Å². The number of hydrogen-bond donors (Lipinski definition) is 1. The minimum absolute atomic E-state index is 0.376. The maximum absolute atomic E-state index is 10.8. The standard InChI is InChI=1S/C12H18O3/c1-12(2)7-5-9(6-8-12)3-4-10(13)11(14)15/h3-4,9H,5-8H2,1-2H3,(H,14,15)/b4-3+. The zero-order valence-corrected chi connectivity index (χ0v) is 9.32. The fourth-order valence-corrected chi connectivity index (χ4v) is 1.91. The van der Waals surface area contributed by atoms with Crippen LogP contribution in [0.5, 0.6) is 0 Å². The van der Waals surface area contributed by atoms with Gasteiger partial charge in [-0.1, -0.05) is 19.9 Å². The summed E-state index contributed by atoms with van der Waals surface area (Å²) in [6, 6.07) is 0. The van der Waals surface area contributed by atoms with Gasteiger partial charge in [0.25, 0.3) is 5.78 Å². The zero-order valence-electron chi connectivity index (χ0n) is 9.32. The number of carboxylic acids is 1. The smallest absolute Gasteiger partial charge is 0.376 e. The molecule has 0 bridgehead atoms. The van der Waals surface area contributed by atoms with Crippen LogP contribution in [-0.4, -0.2) is 16.9 Å². The molecule has 0 atom stereocenters. The second kappa shape index (κ2) is 4.60. The van der Waals surface area contributed by atoms with Crippen LogP contribution in [0.25, 0.3) is 0 Å². The van der Waals surface area contributed by atoms with Crippen molar-refractivity contribution in [1.29, 1.82) is 0 Å². The van der Waals surface area contributed by atoms with Crippen molar-refractivity contribution in [1.82, 2.24) is 0 Å². The van der Waals surface area contributed by atoms with Crippen LogP contribution in [-0.2, 0) is 9.59 Å². The number of allylic oxidation sites excluding steroid dienone is 1. The van der Waals surface area contributed by atoms with Gasteiger partial charge < -0.3 is 5.11 Å². The van der Waals surface area contributed by atoms with Gasteiger partial charge in [-0.25, -0.2) is 4.79 Å². The van der Waals surface area contributed by atoms with E-state index in [1.807, 2.05) is 0 Å². The normalized spacial score (nSPS) is 21.7. The minimum Gasteiger partial charge on any atom is -0.475 e. The van der Waals surface area contributed by atoms with Crippen LogP contribution in [0.3, 0.4) is 0 Å². The number of hydrogen-bond acceptors (Lipinski definition) is 2. The first-order valence-electron chi connectivity index (χ1n) is 5.36. The van der Waals surface area contributed by atoms with Gasteiger partial charge >= 0.3 is 5.97 Å². The molecular weight excluding hydrogens is 192 g/mol. The first-order valence-corrected chi connectivity index (χ1v) is 5.36. The maximum atomic E-state index is 10.8. The third-order valence-corrected chi connectivity index (χ3v) is 3.11. The van der Waals surface area contributed by atoms with Crippen molar-refractivity contribution in [2.45, 2.75) is 39.5 Å². The Balaban J connectivity index is 2.42. The molecule has 0 aromatic rings.